The highest BCUT2D eigenvalue weighted by Gasteiger charge is 2.15. The fraction of sp³-hybridized carbons (Fsp3) is 0.0714. The summed E-state index contributed by atoms with van der Waals surface area (Å²) < 4.78 is 27.8. The second-order valence-electron chi connectivity index (χ2n) is 4.26. The molecular weight excluding hydrogens is 340 g/mol. The highest BCUT2D eigenvalue weighted by molar-refractivity contribution is 9.10. The van der Waals surface area contributed by atoms with Crippen LogP contribution in [0.15, 0.2) is 51.8 Å². The number of nitrogens with zero attached hydrogens (tertiary/aromatic N) is 1. The number of sulfonamides is 1. The van der Waals surface area contributed by atoms with Crippen LogP contribution in [0.4, 0.5) is 5.69 Å². The molecule has 4 nitrogen and oxygen atoms in total. The summed E-state index contributed by atoms with van der Waals surface area (Å²) in [5.41, 5.74) is 1.71. The zero-order valence-electron chi connectivity index (χ0n) is 10.6. The van der Waals surface area contributed by atoms with Gasteiger partial charge in [-0.05, 0) is 48.9 Å². The molecule has 2 aromatic rings. The third-order valence-electron chi connectivity index (χ3n) is 2.57. The normalized spacial score (nSPS) is 10.8. The molecule has 0 bridgehead atoms. The summed E-state index contributed by atoms with van der Waals surface area (Å²) in [5.74, 6) is 0. The Morgan fingerprint density at radius 2 is 1.95 bits per heavy atom. The molecule has 0 atom stereocenters. The van der Waals surface area contributed by atoms with Crippen molar-refractivity contribution in [2.75, 3.05) is 4.72 Å². The molecule has 0 spiro atoms. The number of nitriles is 1. The van der Waals surface area contributed by atoms with Gasteiger partial charge in [-0.2, -0.15) is 5.26 Å². The van der Waals surface area contributed by atoms with Crippen molar-refractivity contribution in [3.63, 3.8) is 0 Å². The van der Waals surface area contributed by atoms with Crippen LogP contribution in [0.1, 0.15) is 11.1 Å². The predicted molar refractivity (Wildman–Crippen MR) is 80.8 cm³/mol. The number of anilines is 1. The summed E-state index contributed by atoms with van der Waals surface area (Å²) in [7, 11) is -3.70. The summed E-state index contributed by atoms with van der Waals surface area (Å²) in [5, 5.41) is 8.82. The molecule has 2 aromatic carbocycles. The SMILES string of the molecule is Cc1cc(Br)cc(NS(=O)(=O)c2cccc(C#N)c2)c1. The molecule has 0 aliphatic heterocycles. The van der Waals surface area contributed by atoms with Crippen LogP contribution < -0.4 is 4.72 Å². The highest BCUT2D eigenvalue weighted by Crippen LogP contribution is 2.22. The van der Waals surface area contributed by atoms with E-state index in [1.165, 1.54) is 12.1 Å². The molecule has 6 heteroatoms. The van der Waals surface area contributed by atoms with Crippen LogP contribution in [-0.2, 0) is 10.0 Å². The predicted octanol–water partition coefficient (Wildman–Crippen LogP) is 3.43. The van der Waals surface area contributed by atoms with E-state index in [9.17, 15) is 8.42 Å². The summed E-state index contributed by atoms with van der Waals surface area (Å²) >= 11 is 3.32. The van der Waals surface area contributed by atoms with Crippen molar-refractivity contribution in [2.45, 2.75) is 11.8 Å². The van der Waals surface area contributed by atoms with E-state index in [0.29, 0.717) is 11.3 Å². The third kappa shape index (κ3) is 3.38. The van der Waals surface area contributed by atoms with Gasteiger partial charge in [-0.15, -0.1) is 0 Å². The molecule has 0 saturated carbocycles. The lowest BCUT2D eigenvalue weighted by atomic mass is 10.2. The second kappa shape index (κ2) is 5.65. The summed E-state index contributed by atoms with van der Waals surface area (Å²) in [6.07, 6.45) is 0. The minimum atomic E-state index is -3.70. The first-order chi connectivity index (χ1) is 9.40. The highest BCUT2D eigenvalue weighted by atomic mass is 79.9. The van der Waals surface area contributed by atoms with Crippen molar-refractivity contribution in [3.05, 3.63) is 58.1 Å². The Bertz CT molecular complexity index is 775. The maximum atomic E-state index is 12.3. The van der Waals surface area contributed by atoms with Crippen molar-refractivity contribution < 1.29 is 8.42 Å². The molecule has 0 aliphatic carbocycles. The molecule has 0 unspecified atom stereocenters. The molecule has 0 saturated heterocycles. The van der Waals surface area contributed by atoms with Crippen molar-refractivity contribution in [3.8, 4) is 6.07 Å². The number of hydrogen-bond donors (Lipinski definition) is 1. The standard InChI is InChI=1S/C14H11BrN2O2S/c1-10-5-12(15)8-13(6-10)17-20(18,19)14-4-2-3-11(7-14)9-16/h2-8,17H,1H3. The zero-order valence-corrected chi connectivity index (χ0v) is 13.0. The molecule has 0 aliphatic rings. The Balaban J connectivity index is 2.38. The molecule has 0 heterocycles. The van der Waals surface area contributed by atoms with E-state index in [0.717, 1.165) is 10.0 Å². The van der Waals surface area contributed by atoms with Crippen molar-refractivity contribution >= 4 is 31.6 Å². The lowest BCUT2D eigenvalue weighted by molar-refractivity contribution is 0.601. The maximum absolute atomic E-state index is 12.3. The molecule has 102 valence electrons. The number of halogens is 1. The van der Waals surface area contributed by atoms with E-state index < -0.39 is 10.0 Å². The van der Waals surface area contributed by atoms with Crippen LogP contribution in [0, 0.1) is 18.3 Å². The fourth-order valence-corrected chi connectivity index (χ4v) is 3.44. The molecule has 0 amide bonds. The number of benzene rings is 2. The van der Waals surface area contributed by atoms with Gasteiger partial charge in [0.05, 0.1) is 22.2 Å². The van der Waals surface area contributed by atoms with Gasteiger partial charge >= 0.3 is 0 Å². The Morgan fingerprint density at radius 3 is 2.60 bits per heavy atom. The van der Waals surface area contributed by atoms with Crippen molar-refractivity contribution in [1.82, 2.24) is 0 Å². The van der Waals surface area contributed by atoms with E-state index in [4.69, 9.17) is 5.26 Å². The average Bonchev–Trinajstić information content (AvgIpc) is 2.37. The van der Waals surface area contributed by atoms with Crippen molar-refractivity contribution in [1.29, 1.82) is 5.26 Å². The monoisotopic (exact) mass is 350 g/mol. The van der Waals surface area contributed by atoms with E-state index in [2.05, 4.69) is 20.7 Å². The third-order valence-corrected chi connectivity index (χ3v) is 4.40. The lowest BCUT2D eigenvalue weighted by Gasteiger charge is -2.09. The molecule has 20 heavy (non-hydrogen) atoms. The second-order valence-corrected chi connectivity index (χ2v) is 6.86. The molecule has 2 rings (SSSR count). The van der Waals surface area contributed by atoms with Gasteiger partial charge < -0.3 is 0 Å². The van der Waals surface area contributed by atoms with Crippen LogP contribution >= 0.6 is 15.9 Å². The van der Waals surface area contributed by atoms with Crippen LogP contribution in [0.25, 0.3) is 0 Å². The van der Waals surface area contributed by atoms with Gasteiger partial charge in [-0.3, -0.25) is 4.72 Å². The first-order valence-corrected chi connectivity index (χ1v) is 7.98. The quantitative estimate of drug-likeness (QED) is 0.921. The summed E-state index contributed by atoms with van der Waals surface area (Å²) in [6.45, 7) is 1.87. The summed E-state index contributed by atoms with van der Waals surface area (Å²) in [6, 6.07) is 13.1. The smallest absolute Gasteiger partial charge is 0.261 e. The minimum Gasteiger partial charge on any atom is -0.280 e. The van der Waals surface area contributed by atoms with Gasteiger partial charge in [-0.1, -0.05) is 22.0 Å². The fourth-order valence-electron chi connectivity index (χ4n) is 1.74. The molecular formula is C14H11BrN2O2S. The van der Waals surface area contributed by atoms with Gasteiger partial charge in [0.2, 0.25) is 0 Å². The Morgan fingerprint density at radius 1 is 1.20 bits per heavy atom. The first kappa shape index (κ1) is 14.6. The topological polar surface area (TPSA) is 70.0 Å². The largest absolute Gasteiger partial charge is 0.280 e. The van der Waals surface area contributed by atoms with Crippen LogP contribution in [0.3, 0.4) is 0 Å². The van der Waals surface area contributed by atoms with Gasteiger partial charge in [0, 0.05) is 4.47 Å². The Labute approximate surface area is 126 Å². The van der Waals surface area contributed by atoms with Crippen molar-refractivity contribution in [2.24, 2.45) is 0 Å². The molecule has 1 N–H and O–H groups in total. The molecule has 0 radical (unpaired) electrons. The van der Waals surface area contributed by atoms with Crippen LogP contribution in [0.5, 0.6) is 0 Å². The summed E-state index contributed by atoms with van der Waals surface area (Å²) in [4.78, 5) is 0.0641. The van der Waals surface area contributed by atoms with Gasteiger partial charge in [-0.25, -0.2) is 8.42 Å². The minimum absolute atomic E-state index is 0.0641. The van der Waals surface area contributed by atoms with Gasteiger partial charge in [0.1, 0.15) is 0 Å². The average molecular weight is 351 g/mol. The first-order valence-electron chi connectivity index (χ1n) is 5.71. The Kier molecular flexibility index (Phi) is 4.12. The number of aryl methyl sites for hydroxylation is 1. The van der Waals surface area contributed by atoms with E-state index in [-0.39, 0.29) is 4.90 Å². The van der Waals surface area contributed by atoms with E-state index >= 15 is 0 Å². The van der Waals surface area contributed by atoms with Gasteiger partial charge in [0.15, 0.2) is 0 Å². The van der Waals surface area contributed by atoms with E-state index in [1.54, 1.807) is 24.3 Å². The number of rotatable bonds is 3. The zero-order chi connectivity index (χ0) is 14.8. The maximum Gasteiger partial charge on any atom is 0.261 e. The molecule has 0 fully saturated rings. The number of nitrogens with one attached hydrogen (secondary N) is 1. The van der Waals surface area contributed by atoms with E-state index in [1.807, 2.05) is 19.1 Å². The van der Waals surface area contributed by atoms with Crippen LogP contribution in [-0.4, -0.2) is 8.42 Å². The van der Waals surface area contributed by atoms with Gasteiger partial charge in [0.25, 0.3) is 10.0 Å². The van der Waals surface area contributed by atoms with Crippen LogP contribution in [0.2, 0.25) is 0 Å². The molecule has 0 aromatic heterocycles. The lowest BCUT2D eigenvalue weighted by Crippen LogP contribution is -2.13. The number of hydrogen-bond acceptors (Lipinski definition) is 3. The Hall–Kier alpha value is -1.84.